The number of hydrogen-bond acceptors (Lipinski definition) is 2. The molecule has 80 valence electrons. The lowest BCUT2D eigenvalue weighted by molar-refractivity contribution is -0.116. The van der Waals surface area contributed by atoms with Gasteiger partial charge in [0.05, 0.1) is 0 Å². The number of carbonyl (C=O) groups is 1. The van der Waals surface area contributed by atoms with Crippen molar-refractivity contribution in [2.75, 3.05) is 6.54 Å². The lowest BCUT2D eigenvalue weighted by Crippen LogP contribution is -1.94. The Morgan fingerprint density at radius 2 is 1.79 bits per heavy atom. The number of nitrogens with two attached hydrogens (primary N) is 1. The molecule has 2 heteroatoms. The highest BCUT2D eigenvalue weighted by Crippen LogP contribution is 2.08. The second-order valence-corrected chi connectivity index (χ2v) is 3.75. The Hall–Kier alpha value is -0.890. The molecule has 0 saturated heterocycles. The quantitative estimate of drug-likeness (QED) is 0.662. The lowest BCUT2D eigenvalue weighted by atomic mass is 10.1. The van der Waals surface area contributed by atoms with Gasteiger partial charge in [-0.15, -0.1) is 0 Å². The molecule has 0 unspecified atom stereocenters. The van der Waals surface area contributed by atoms with Gasteiger partial charge in [0.1, 0.15) is 5.78 Å². The molecule has 0 amide bonds. The zero-order valence-corrected chi connectivity index (χ0v) is 9.47. The highest BCUT2D eigenvalue weighted by molar-refractivity contribution is 5.77. The van der Waals surface area contributed by atoms with Crippen LogP contribution in [0, 0.1) is 0 Å². The van der Waals surface area contributed by atoms with Gasteiger partial charge >= 0.3 is 0 Å². The summed E-state index contributed by atoms with van der Waals surface area (Å²) >= 11 is 0. The molecule has 0 fully saturated rings. The average Bonchev–Trinajstić information content (AvgIpc) is 2.02. The van der Waals surface area contributed by atoms with E-state index < -0.39 is 0 Å². The van der Waals surface area contributed by atoms with Crippen LogP contribution >= 0.6 is 0 Å². The highest BCUT2D eigenvalue weighted by Gasteiger charge is 1.94. The first kappa shape index (κ1) is 13.1. The van der Waals surface area contributed by atoms with Gasteiger partial charge in [-0.05, 0) is 33.6 Å². The third-order valence-corrected chi connectivity index (χ3v) is 2.03. The Kier molecular flexibility index (Phi) is 7.03. The molecule has 0 radical (unpaired) electrons. The van der Waals surface area contributed by atoms with Crippen LogP contribution in [0.4, 0.5) is 0 Å². The number of rotatable bonds is 6. The van der Waals surface area contributed by atoms with E-state index in [0.29, 0.717) is 13.0 Å². The van der Waals surface area contributed by atoms with Gasteiger partial charge in [-0.25, -0.2) is 0 Å². The van der Waals surface area contributed by atoms with Crippen LogP contribution in [0.15, 0.2) is 23.3 Å². The summed E-state index contributed by atoms with van der Waals surface area (Å²) in [5, 5.41) is 0. The summed E-state index contributed by atoms with van der Waals surface area (Å²) in [6.45, 7) is 6.32. The fourth-order valence-electron chi connectivity index (χ4n) is 1.31. The molecule has 0 spiro atoms. The second kappa shape index (κ2) is 7.51. The maximum atomic E-state index is 10.8. The summed E-state index contributed by atoms with van der Waals surface area (Å²) in [5.41, 5.74) is 7.87. The first-order valence-corrected chi connectivity index (χ1v) is 5.07. The first-order chi connectivity index (χ1) is 6.56. The molecule has 0 atom stereocenters. The van der Waals surface area contributed by atoms with Crippen molar-refractivity contribution in [3.8, 4) is 0 Å². The third-order valence-electron chi connectivity index (χ3n) is 2.03. The minimum atomic E-state index is 0.230. The summed E-state index contributed by atoms with van der Waals surface area (Å²) < 4.78 is 0. The van der Waals surface area contributed by atoms with E-state index in [9.17, 15) is 4.79 Å². The van der Waals surface area contributed by atoms with Crippen molar-refractivity contribution >= 4 is 5.78 Å². The van der Waals surface area contributed by atoms with E-state index in [-0.39, 0.29) is 5.78 Å². The number of hydrogen-bond donors (Lipinski definition) is 1. The molecule has 0 rings (SSSR count). The van der Waals surface area contributed by atoms with E-state index in [1.54, 1.807) is 6.92 Å². The summed E-state index contributed by atoms with van der Waals surface area (Å²) in [6, 6.07) is 0. The van der Waals surface area contributed by atoms with Crippen molar-refractivity contribution in [2.24, 2.45) is 5.73 Å². The Morgan fingerprint density at radius 3 is 2.29 bits per heavy atom. The van der Waals surface area contributed by atoms with Crippen molar-refractivity contribution in [1.82, 2.24) is 0 Å². The normalized spacial score (nSPS) is 13.1. The van der Waals surface area contributed by atoms with Gasteiger partial charge in [-0.3, -0.25) is 4.79 Å². The minimum Gasteiger partial charge on any atom is -0.327 e. The standard InChI is InChI=1S/C12H21NO/c1-10(7-8-13)5-4-6-11(2)9-12(3)14/h6-7H,4-5,8-9,13H2,1-3H3. The molecule has 14 heavy (non-hydrogen) atoms. The molecule has 0 aliphatic carbocycles. The molecule has 0 aromatic heterocycles. The van der Waals surface area contributed by atoms with Crippen molar-refractivity contribution in [3.05, 3.63) is 23.3 Å². The average molecular weight is 195 g/mol. The Balaban J connectivity index is 3.81. The molecule has 0 heterocycles. The molecular weight excluding hydrogens is 174 g/mol. The fourth-order valence-corrected chi connectivity index (χ4v) is 1.31. The number of Topliss-reactive ketones (excluding diaryl/α,β-unsaturated/α-hetero) is 1. The second-order valence-electron chi connectivity index (χ2n) is 3.75. The van der Waals surface area contributed by atoms with Crippen LogP contribution in [0.3, 0.4) is 0 Å². The van der Waals surface area contributed by atoms with Crippen LogP contribution in [-0.2, 0) is 4.79 Å². The molecule has 0 bridgehead atoms. The zero-order valence-electron chi connectivity index (χ0n) is 9.47. The molecular formula is C12H21NO. The third kappa shape index (κ3) is 7.74. The summed E-state index contributed by atoms with van der Waals surface area (Å²) in [4.78, 5) is 10.8. The van der Waals surface area contributed by atoms with Gasteiger partial charge in [-0.1, -0.05) is 23.3 Å². The largest absolute Gasteiger partial charge is 0.327 e. The number of allylic oxidation sites excluding steroid dienone is 3. The van der Waals surface area contributed by atoms with Gasteiger partial charge < -0.3 is 5.73 Å². The van der Waals surface area contributed by atoms with Crippen molar-refractivity contribution in [2.45, 2.75) is 40.0 Å². The molecule has 0 aliphatic heterocycles. The maximum absolute atomic E-state index is 10.8. The van der Waals surface area contributed by atoms with E-state index >= 15 is 0 Å². The number of ketones is 1. The minimum absolute atomic E-state index is 0.230. The summed E-state index contributed by atoms with van der Waals surface area (Å²) in [6.07, 6.45) is 6.79. The Bertz CT molecular complexity index is 239. The molecule has 2 N–H and O–H groups in total. The SMILES string of the molecule is CC(=O)CC(C)=CCCC(C)=CCN. The monoisotopic (exact) mass is 195 g/mol. The fraction of sp³-hybridized carbons (Fsp3) is 0.583. The van der Waals surface area contributed by atoms with Crippen LogP contribution < -0.4 is 5.73 Å². The predicted octanol–water partition coefficient (Wildman–Crippen LogP) is 2.60. The lowest BCUT2D eigenvalue weighted by Gasteiger charge is -1.99. The molecule has 0 saturated carbocycles. The Morgan fingerprint density at radius 1 is 1.14 bits per heavy atom. The molecule has 2 nitrogen and oxygen atoms in total. The van der Waals surface area contributed by atoms with Crippen LogP contribution in [-0.4, -0.2) is 12.3 Å². The van der Waals surface area contributed by atoms with E-state index in [1.165, 1.54) is 5.57 Å². The predicted molar refractivity (Wildman–Crippen MR) is 61.1 cm³/mol. The van der Waals surface area contributed by atoms with Crippen LogP contribution in [0.2, 0.25) is 0 Å². The van der Waals surface area contributed by atoms with Gasteiger partial charge in [-0.2, -0.15) is 0 Å². The Labute approximate surface area is 86.9 Å². The first-order valence-electron chi connectivity index (χ1n) is 5.07. The van der Waals surface area contributed by atoms with Gasteiger partial charge in [0.25, 0.3) is 0 Å². The van der Waals surface area contributed by atoms with Gasteiger partial charge in [0.15, 0.2) is 0 Å². The number of carbonyl (C=O) groups excluding carboxylic acids is 1. The summed E-state index contributed by atoms with van der Waals surface area (Å²) in [5.74, 6) is 0.230. The maximum Gasteiger partial charge on any atom is 0.133 e. The van der Waals surface area contributed by atoms with E-state index in [1.807, 2.05) is 13.0 Å². The van der Waals surface area contributed by atoms with Crippen molar-refractivity contribution in [1.29, 1.82) is 0 Å². The van der Waals surface area contributed by atoms with E-state index in [4.69, 9.17) is 5.73 Å². The van der Waals surface area contributed by atoms with E-state index in [0.717, 1.165) is 18.4 Å². The van der Waals surface area contributed by atoms with E-state index in [2.05, 4.69) is 13.0 Å². The molecule has 0 aromatic carbocycles. The zero-order chi connectivity index (χ0) is 11.0. The van der Waals surface area contributed by atoms with Crippen molar-refractivity contribution < 1.29 is 4.79 Å². The van der Waals surface area contributed by atoms with Crippen molar-refractivity contribution in [3.63, 3.8) is 0 Å². The van der Waals surface area contributed by atoms with Crippen LogP contribution in [0.25, 0.3) is 0 Å². The topological polar surface area (TPSA) is 43.1 Å². The van der Waals surface area contributed by atoms with Crippen LogP contribution in [0.5, 0.6) is 0 Å². The summed E-state index contributed by atoms with van der Waals surface area (Å²) in [7, 11) is 0. The molecule has 0 aliphatic rings. The highest BCUT2D eigenvalue weighted by atomic mass is 16.1. The van der Waals surface area contributed by atoms with Gasteiger partial charge in [0.2, 0.25) is 0 Å². The van der Waals surface area contributed by atoms with Crippen LogP contribution in [0.1, 0.15) is 40.0 Å². The van der Waals surface area contributed by atoms with Gasteiger partial charge in [0, 0.05) is 13.0 Å². The molecule has 0 aromatic rings. The smallest absolute Gasteiger partial charge is 0.133 e.